The number of carbonyl (C=O) groups excluding carboxylic acids is 1. The lowest BCUT2D eigenvalue weighted by Crippen LogP contribution is -2.40. The van der Waals surface area contributed by atoms with Gasteiger partial charge in [-0.3, -0.25) is 4.79 Å². The van der Waals surface area contributed by atoms with Gasteiger partial charge in [0.1, 0.15) is 11.6 Å². The summed E-state index contributed by atoms with van der Waals surface area (Å²) in [5.74, 6) is 0.744. The zero-order valence-corrected chi connectivity index (χ0v) is 16.6. The fraction of sp³-hybridized carbons (Fsp3) is 0.348. The van der Waals surface area contributed by atoms with E-state index in [0.717, 1.165) is 25.8 Å². The Morgan fingerprint density at radius 1 is 1.13 bits per heavy atom. The van der Waals surface area contributed by atoms with Crippen LogP contribution in [-0.4, -0.2) is 34.0 Å². The predicted molar refractivity (Wildman–Crippen MR) is 107 cm³/mol. The number of aromatic nitrogens is 2. The fourth-order valence-electron chi connectivity index (χ4n) is 3.86. The Kier molecular flexibility index (Phi) is 6.16. The minimum absolute atomic E-state index is 0.0310. The van der Waals surface area contributed by atoms with Gasteiger partial charge in [0.05, 0.1) is 6.42 Å². The number of rotatable bonds is 6. The lowest BCUT2D eigenvalue weighted by atomic mass is 9.93. The number of amides is 1. The first-order valence-electron chi connectivity index (χ1n) is 10.2. The van der Waals surface area contributed by atoms with Crippen molar-refractivity contribution in [2.24, 2.45) is 5.92 Å². The summed E-state index contributed by atoms with van der Waals surface area (Å²) in [5.41, 5.74) is 1.38. The zero-order chi connectivity index (χ0) is 20.9. The van der Waals surface area contributed by atoms with Crippen molar-refractivity contribution in [1.29, 1.82) is 0 Å². The highest BCUT2D eigenvalue weighted by atomic mass is 19.1. The number of carbonyl (C=O) groups is 1. The second kappa shape index (κ2) is 9.15. The molecular weight excluding hydrogens is 388 g/mol. The molecule has 1 aliphatic rings. The molecule has 0 spiro atoms. The quantitative estimate of drug-likeness (QED) is 0.602. The van der Waals surface area contributed by atoms with Gasteiger partial charge in [0.2, 0.25) is 5.91 Å². The van der Waals surface area contributed by atoms with Crippen LogP contribution >= 0.6 is 0 Å². The number of likely N-dealkylation sites (tertiary alicyclic amines) is 1. The van der Waals surface area contributed by atoms with Crippen molar-refractivity contribution in [3.63, 3.8) is 0 Å². The Balaban J connectivity index is 1.30. The average Bonchev–Trinajstić information content (AvgIpc) is 3.22. The molecule has 0 N–H and O–H groups in total. The highest BCUT2D eigenvalue weighted by Crippen LogP contribution is 2.23. The first-order valence-corrected chi connectivity index (χ1v) is 10.2. The maximum absolute atomic E-state index is 13.4. The van der Waals surface area contributed by atoms with Crippen molar-refractivity contribution < 1.29 is 18.1 Å². The van der Waals surface area contributed by atoms with Gasteiger partial charge < -0.3 is 9.42 Å². The topological polar surface area (TPSA) is 59.2 Å². The van der Waals surface area contributed by atoms with Crippen LogP contribution < -0.4 is 0 Å². The van der Waals surface area contributed by atoms with Gasteiger partial charge in [-0.1, -0.05) is 17.3 Å². The third kappa shape index (κ3) is 5.09. The highest BCUT2D eigenvalue weighted by molar-refractivity contribution is 5.78. The van der Waals surface area contributed by atoms with E-state index in [1.807, 2.05) is 4.90 Å². The molecule has 0 radical (unpaired) electrons. The van der Waals surface area contributed by atoms with E-state index in [9.17, 15) is 13.6 Å². The molecular formula is C23H23F2N3O2. The van der Waals surface area contributed by atoms with Gasteiger partial charge in [0.25, 0.3) is 5.89 Å². The van der Waals surface area contributed by atoms with Gasteiger partial charge in [-0.2, -0.15) is 4.98 Å². The third-order valence-electron chi connectivity index (χ3n) is 5.45. The predicted octanol–water partition coefficient (Wildman–Crippen LogP) is 4.43. The van der Waals surface area contributed by atoms with Crippen molar-refractivity contribution in [2.75, 3.05) is 13.1 Å². The molecule has 2 heterocycles. The van der Waals surface area contributed by atoms with Crippen LogP contribution in [0.25, 0.3) is 11.5 Å². The maximum atomic E-state index is 13.4. The Labute approximate surface area is 173 Å². The van der Waals surface area contributed by atoms with E-state index in [4.69, 9.17) is 4.52 Å². The Hall–Kier alpha value is -3.09. The summed E-state index contributed by atoms with van der Waals surface area (Å²) in [7, 11) is 0. The van der Waals surface area contributed by atoms with Crippen LogP contribution in [0.5, 0.6) is 0 Å². The number of piperidine rings is 1. The molecule has 1 atom stereocenters. The second-order valence-electron chi connectivity index (χ2n) is 7.72. The van der Waals surface area contributed by atoms with Crippen molar-refractivity contribution in [2.45, 2.75) is 32.1 Å². The lowest BCUT2D eigenvalue weighted by molar-refractivity contribution is -0.132. The molecule has 1 aromatic heterocycles. The molecule has 2 aromatic carbocycles. The fourth-order valence-corrected chi connectivity index (χ4v) is 3.86. The molecule has 1 unspecified atom stereocenters. The van der Waals surface area contributed by atoms with Crippen LogP contribution in [0.4, 0.5) is 8.78 Å². The average molecular weight is 411 g/mol. The molecule has 3 aromatic rings. The van der Waals surface area contributed by atoms with Crippen molar-refractivity contribution in [3.05, 3.63) is 71.6 Å². The molecule has 1 saturated heterocycles. The molecule has 1 aliphatic heterocycles. The molecule has 1 fully saturated rings. The van der Waals surface area contributed by atoms with Gasteiger partial charge in [0.15, 0.2) is 5.82 Å². The summed E-state index contributed by atoms with van der Waals surface area (Å²) in [5, 5.41) is 4.02. The van der Waals surface area contributed by atoms with E-state index in [2.05, 4.69) is 10.1 Å². The summed E-state index contributed by atoms with van der Waals surface area (Å²) < 4.78 is 31.7. The number of hydrogen-bond acceptors (Lipinski definition) is 4. The molecule has 7 heteroatoms. The largest absolute Gasteiger partial charge is 0.342 e. The van der Waals surface area contributed by atoms with Crippen molar-refractivity contribution in [1.82, 2.24) is 15.0 Å². The first kappa shape index (κ1) is 20.2. The van der Waals surface area contributed by atoms with Crippen LogP contribution in [0, 0.1) is 17.6 Å². The third-order valence-corrected chi connectivity index (χ3v) is 5.45. The molecule has 1 amide bonds. The minimum Gasteiger partial charge on any atom is -0.342 e. The molecule has 0 aliphatic carbocycles. The number of aryl methyl sites for hydroxylation is 1. The van der Waals surface area contributed by atoms with Gasteiger partial charge in [0, 0.05) is 25.1 Å². The zero-order valence-electron chi connectivity index (χ0n) is 16.6. The standard InChI is InChI=1S/C23H23F2N3O2/c24-19-9-7-18(8-10-19)23-26-21(27-30-23)11-6-16-4-2-12-28(15-16)22(29)14-17-3-1-5-20(25)13-17/h1,3,5,7-10,13,16H,2,4,6,11-12,14-15H2. The van der Waals surface area contributed by atoms with E-state index in [0.29, 0.717) is 41.7 Å². The summed E-state index contributed by atoms with van der Waals surface area (Å²) in [6, 6.07) is 12.1. The summed E-state index contributed by atoms with van der Waals surface area (Å²) in [6.07, 6.45) is 3.73. The maximum Gasteiger partial charge on any atom is 0.257 e. The summed E-state index contributed by atoms with van der Waals surface area (Å²) >= 11 is 0. The molecule has 156 valence electrons. The number of nitrogens with zero attached hydrogens (tertiary/aromatic N) is 3. The normalized spacial score (nSPS) is 16.6. The Morgan fingerprint density at radius 3 is 2.77 bits per heavy atom. The summed E-state index contributed by atoms with van der Waals surface area (Å²) in [4.78, 5) is 18.9. The number of benzene rings is 2. The highest BCUT2D eigenvalue weighted by Gasteiger charge is 2.24. The Morgan fingerprint density at radius 2 is 1.97 bits per heavy atom. The lowest BCUT2D eigenvalue weighted by Gasteiger charge is -2.32. The van der Waals surface area contributed by atoms with E-state index in [1.54, 1.807) is 24.3 Å². The van der Waals surface area contributed by atoms with E-state index in [1.165, 1.54) is 24.3 Å². The first-order chi connectivity index (χ1) is 14.6. The molecule has 5 nitrogen and oxygen atoms in total. The molecule has 30 heavy (non-hydrogen) atoms. The van der Waals surface area contributed by atoms with Crippen LogP contribution in [0.2, 0.25) is 0 Å². The van der Waals surface area contributed by atoms with Crippen LogP contribution in [0.1, 0.15) is 30.7 Å². The second-order valence-corrected chi connectivity index (χ2v) is 7.72. The van der Waals surface area contributed by atoms with E-state index in [-0.39, 0.29) is 24.0 Å². The monoisotopic (exact) mass is 411 g/mol. The smallest absolute Gasteiger partial charge is 0.257 e. The minimum atomic E-state index is -0.322. The SMILES string of the molecule is O=C(Cc1cccc(F)c1)N1CCCC(CCc2noc(-c3ccc(F)cc3)n2)C1. The van der Waals surface area contributed by atoms with E-state index < -0.39 is 0 Å². The van der Waals surface area contributed by atoms with E-state index >= 15 is 0 Å². The molecule has 4 rings (SSSR count). The molecule has 0 saturated carbocycles. The Bertz CT molecular complexity index is 1000. The number of hydrogen-bond donors (Lipinski definition) is 0. The molecule has 0 bridgehead atoms. The van der Waals surface area contributed by atoms with Crippen LogP contribution in [0.3, 0.4) is 0 Å². The number of halogens is 2. The van der Waals surface area contributed by atoms with Gasteiger partial charge in [-0.25, -0.2) is 8.78 Å². The van der Waals surface area contributed by atoms with Gasteiger partial charge >= 0.3 is 0 Å². The van der Waals surface area contributed by atoms with Gasteiger partial charge in [-0.05, 0) is 67.1 Å². The van der Waals surface area contributed by atoms with Crippen LogP contribution in [-0.2, 0) is 17.6 Å². The van der Waals surface area contributed by atoms with Crippen molar-refractivity contribution in [3.8, 4) is 11.5 Å². The van der Waals surface area contributed by atoms with Gasteiger partial charge in [-0.15, -0.1) is 0 Å². The van der Waals surface area contributed by atoms with Crippen molar-refractivity contribution >= 4 is 5.91 Å². The summed E-state index contributed by atoms with van der Waals surface area (Å²) in [6.45, 7) is 1.43. The van der Waals surface area contributed by atoms with Crippen LogP contribution in [0.15, 0.2) is 53.1 Å².